The molecule has 0 spiro atoms. The van der Waals surface area contributed by atoms with Gasteiger partial charge in [-0.25, -0.2) is 0 Å². The Balaban J connectivity index is 1.20. The number of para-hydroxylation sites is 3. The number of aromatic nitrogens is 2. The van der Waals surface area contributed by atoms with Gasteiger partial charge in [-0.3, -0.25) is 0 Å². The first-order chi connectivity index (χ1) is 24.3. The van der Waals surface area contributed by atoms with Crippen molar-refractivity contribution in [3.63, 3.8) is 0 Å². The Labute approximate surface area is 282 Å². The van der Waals surface area contributed by atoms with Crippen LogP contribution in [0, 0.1) is 0 Å². The molecule has 7 aromatic carbocycles. The first-order valence-corrected chi connectivity index (χ1v) is 17.0. The zero-order valence-electron chi connectivity index (χ0n) is 26.7. The van der Waals surface area contributed by atoms with E-state index < -0.39 is 0 Å². The molecule has 49 heavy (non-hydrogen) atoms. The molecular weight excluding hydrogens is 597 g/mol. The van der Waals surface area contributed by atoms with E-state index in [4.69, 9.17) is 4.42 Å². The minimum absolute atomic E-state index is 0.220. The molecular formula is C46H30N2O. The summed E-state index contributed by atoms with van der Waals surface area (Å²) in [6, 6.07) is 55.4. The van der Waals surface area contributed by atoms with Gasteiger partial charge in [-0.15, -0.1) is 0 Å². The number of rotatable bonds is 3. The van der Waals surface area contributed by atoms with Crippen LogP contribution in [-0.4, -0.2) is 9.13 Å². The maximum atomic E-state index is 6.31. The molecule has 0 bridgehead atoms. The Bertz CT molecular complexity index is 2970. The summed E-state index contributed by atoms with van der Waals surface area (Å²) in [4.78, 5) is 0. The highest BCUT2D eigenvalue weighted by molar-refractivity contribution is 6.23. The number of hydrogen-bond donors (Lipinski definition) is 0. The number of fused-ring (bicyclic) bond motifs is 11. The van der Waals surface area contributed by atoms with Crippen LogP contribution < -0.4 is 0 Å². The minimum Gasteiger partial charge on any atom is -0.456 e. The Morgan fingerprint density at radius 3 is 2.14 bits per heavy atom. The fourth-order valence-electron chi connectivity index (χ4n) is 8.54. The highest BCUT2D eigenvalue weighted by atomic mass is 16.3. The molecule has 1 aliphatic rings. The molecule has 0 unspecified atom stereocenters. The summed E-state index contributed by atoms with van der Waals surface area (Å²) in [5.74, 6) is 1.20. The second kappa shape index (κ2) is 10.1. The molecule has 11 rings (SSSR count). The van der Waals surface area contributed by atoms with E-state index in [1.54, 1.807) is 0 Å². The summed E-state index contributed by atoms with van der Waals surface area (Å²) in [6.45, 7) is 0. The molecule has 3 nitrogen and oxygen atoms in total. The standard InChI is InChI=1S/C46H30N2O/c1-2-14-31(15-3-1)48-42-28-41-38(27-39(42)36-25-24-29-12-4-5-17-34(29)46(36)48)35-18-6-8-21-40(35)47(41)32-16-10-13-30(26-32)33-20-11-23-44-45(33)37-19-7-9-22-43(37)49-44/h1-19,21-28,33H,20H2/t33-/m0/s1. The fourth-order valence-corrected chi connectivity index (χ4v) is 8.54. The quantitative estimate of drug-likeness (QED) is 0.191. The smallest absolute Gasteiger partial charge is 0.135 e. The Morgan fingerprint density at radius 2 is 1.22 bits per heavy atom. The van der Waals surface area contributed by atoms with Crippen LogP contribution >= 0.6 is 0 Å². The predicted molar refractivity (Wildman–Crippen MR) is 204 cm³/mol. The van der Waals surface area contributed by atoms with E-state index >= 15 is 0 Å². The van der Waals surface area contributed by atoms with Crippen molar-refractivity contribution in [2.75, 3.05) is 0 Å². The Kier molecular flexibility index (Phi) is 5.50. The van der Waals surface area contributed by atoms with Crippen LogP contribution in [0.25, 0.3) is 82.8 Å². The van der Waals surface area contributed by atoms with E-state index in [-0.39, 0.29) is 5.92 Å². The molecule has 0 amide bonds. The van der Waals surface area contributed by atoms with Crippen LogP contribution in [0.2, 0.25) is 0 Å². The summed E-state index contributed by atoms with van der Waals surface area (Å²) < 4.78 is 11.2. The van der Waals surface area contributed by atoms with E-state index in [1.165, 1.54) is 76.6 Å². The van der Waals surface area contributed by atoms with Gasteiger partial charge in [0.05, 0.1) is 22.1 Å². The third kappa shape index (κ3) is 3.78. The minimum atomic E-state index is 0.220. The Hall–Kier alpha value is -6.32. The number of benzene rings is 7. The van der Waals surface area contributed by atoms with Crippen LogP contribution in [-0.2, 0) is 0 Å². The summed E-state index contributed by atoms with van der Waals surface area (Å²) in [6.07, 6.45) is 5.34. The lowest BCUT2D eigenvalue weighted by Gasteiger charge is -2.20. The van der Waals surface area contributed by atoms with Gasteiger partial charge in [0.25, 0.3) is 0 Å². The van der Waals surface area contributed by atoms with Crippen molar-refractivity contribution in [1.29, 1.82) is 0 Å². The number of hydrogen-bond acceptors (Lipinski definition) is 1. The molecule has 0 fully saturated rings. The van der Waals surface area contributed by atoms with Crippen molar-refractivity contribution in [3.8, 4) is 11.4 Å². The fraction of sp³-hybridized carbons (Fsp3) is 0.0435. The SMILES string of the molecule is C1=Cc2oc3ccccc3c2[C@H](c2cccc(-n3c4ccccc4c4cc5c6ccc7ccccc7c6n(-c6ccccc6)c5cc43)c2)C1. The maximum absolute atomic E-state index is 6.31. The average Bonchev–Trinajstić information content (AvgIpc) is 3.82. The van der Waals surface area contributed by atoms with Crippen molar-refractivity contribution >= 4 is 71.4 Å². The van der Waals surface area contributed by atoms with Crippen molar-refractivity contribution in [1.82, 2.24) is 9.13 Å². The lowest BCUT2D eigenvalue weighted by atomic mass is 9.83. The van der Waals surface area contributed by atoms with E-state index in [2.05, 4.69) is 173 Å². The molecule has 0 saturated heterocycles. The van der Waals surface area contributed by atoms with Crippen molar-refractivity contribution in [2.45, 2.75) is 12.3 Å². The van der Waals surface area contributed by atoms with E-state index in [0.29, 0.717) is 0 Å². The molecule has 0 aliphatic heterocycles. The zero-order chi connectivity index (χ0) is 32.1. The largest absolute Gasteiger partial charge is 0.456 e. The van der Waals surface area contributed by atoms with Crippen LogP contribution in [0.15, 0.2) is 162 Å². The molecule has 230 valence electrons. The number of nitrogens with zero attached hydrogens (tertiary/aromatic N) is 2. The van der Waals surface area contributed by atoms with Gasteiger partial charge in [-0.2, -0.15) is 0 Å². The summed E-state index contributed by atoms with van der Waals surface area (Å²) >= 11 is 0. The van der Waals surface area contributed by atoms with Crippen molar-refractivity contribution in [2.24, 2.45) is 0 Å². The first-order valence-electron chi connectivity index (χ1n) is 17.0. The average molecular weight is 627 g/mol. The third-order valence-corrected chi connectivity index (χ3v) is 10.6. The van der Waals surface area contributed by atoms with Gasteiger partial charge in [0, 0.05) is 55.2 Å². The van der Waals surface area contributed by atoms with Crippen LogP contribution in [0.1, 0.15) is 29.2 Å². The lowest BCUT2D eigenvalue weighted by Crippen LogP contribution is -2.05. The van der Waals surface area contributed by atoms with Gasteiger partial charge in [0.15, 0.2) is 0 Å². The van der Waals surface area contributed by atoms with Crippen molar-refractivity contribution in [3.05, 3.63) is 175 Å². The molecule has 3 aromatic heterocycles. The van der Waals surface area contributed by atoms with Gasteiger partial charge in [-0.1, -0.05) is 109 Å². The van der Waals surface area contributed by atoms with Crippen LogP contribution in [0.4, 0.5) is 0 Å². The van der Waals surface area contributed by atoms with Gasteiger partial charge in [-0.05, 0) is 72.0 Å². The van der Waals surface area contributed by atoms with Crippen LogP contribution in [0.3, 0.4) is 0 Å². The highest BCUT2D eigenvalue weighted by Crippen LogP contribution is 2.44. The normalized spacial score (nSPS) is 14.6. The maximum Gasteiger partial charge on any atom is 0.135 e. The third-order valence-electron chi connectivity index (χ3n) is 10.6. The van der Waals surface area contributed by atoms with E-state index in [9.17, 15) is 0 Å². The molecule has 0 saturated carbocycles. The van der Waals surface area contributed by atoms with E-state index in [1.807, 2.05) is 0 Å². The summed E-state index contributed by atoms with van der Waals surface area (Å²) in [5, 5.41) is 8.77. The molecule has 0 radical (unpaired) electrons. The zero-order valence-corrected chi connectivity index (χ0v) is 26.7. The van der Waals surface area contributed by atoms with Gasteiger partial charge >= 0.3 is 0 Å². The summed E-state index contributed by atoms with van der Waals surface area (Å²) in [5.41, 5.74) is 10.7. The topological polar surface area (TPSA) is 23.0 Å². The molecule has 1 aliphatic carbocycles. The highest BCUT2D eigenvalue weighted by Gasteiger charge is 2.26. The predicted octanol–water partition coefficient (Wildman–Crippen LogP) is 12.3. The Morgan fingerprint density at radius 1 is 0.490 bits per heavy atom. The molecule has 10 aromatic rings. The monoisotopic (exact) mass is 626 g/mol. The second-order valence-electron chi connectivity index (χ2n) is 13.3. The van der Waals surface area contributed by atoms with Crippen LogP contribution in [0.5, 0.6) is 0 Å². The molecule has 3 heterocycles. The van der Waals surface area contributed by atoms with E-state index in [0.717, 1.165) is 23.5 Å². The van der Waals surface area contributed by atoms with Gasteiger partial charge < -0.3 is 13.6 Å². The summed E-state index contributed by atoms with van der Waals surface area (Å²) in [7, 11) is 0. The van der Waals surface area contributed by atoms with Gasteiger partial charge in [0.1, 0.15) is 11.3 Å². The number of allylic oxidation sites excluding steroid dienone is 1. The van der Waals surface area contributed by atoms with Crippen molar-refractivity contribution < 1.29 is 4.42 Å². The van der Waals surface area contributed by atoms with Gasteiger partial charge in [0.2, 0.25) is 0 Å². The number of furan rings is 1. The molecule has 3 heteroatoms. The lowest BCUT2D eigenvalue weighted by molar-refractivity contribution is 0.589. The second-order valence-corrected chi connectivity index (χ2v) is 13.3. The first kappa shape index (κ1) is 26.7. The molecule has 0 N–H and O–H groups in total. The molecule has 1 atom stereocenters.